The molecule has 0 radical (unpaired) electrons. The minimum absolute atomic E-state index is 0.182. The van der Waals surface area contributed by atoms with Crippen molar-refractivity contribution in [3.8, 4) is 0 Å². The van der Waals surface area contributed by atoms with Crippen molar-refractivity contribution in [2.45, 2.75) is 18.7 Å². The zero-order chi connectivity index (χ0) is 20.9. The highest BCUT2D eigenvalue weighted by Crippen LogP contribution is 2.16. The molecule has 1 fully saturated rings. The van der Waals surface area contributed by atoms with E-state index in [4.69, 9.17) is 0 Å². The van der Waals surface area contributed by atoms with Crippen LogP contribution in [0, 0.1) is 13.8 Å². The second-order valence-electron chi connectivity index (χ2n) is 7.35. The molecule has 1 saturated heterocycles. The third-order valence-corrected chi connectivity index (χ3v) is 6.89. The van der Waals surface area contributed by atoms with Crippen molar-refractivity contribution >= 4 is 22.1 Å². The van der Waals surface area contributed by atoms with E-state index in [1.807, 2.05) is 38.1 Å². The molecule has 0 atom stereocenters. The lowest BCUT2D eigenvalue weighted by Crippen LogP contribution is -3.15. The molecular formula is C21H27N4O3S+. The van der Waals surface area contributed by atoms with Gasteiger partial charge in [0.1, 0.15) is 0 Å². The van der Waals surface area contributed by atoms with E-state index in [-0.39, 0.29) is 12.5 Å². The van der Waals surface area contributed by atoms with Crippen molar-refractivity contribution in [2.24, 2.45) is 5.10 Å². The van der Waals surface area contributed by atoms with Crippen LogP contribution in [0.2, 0.25) is 0 Å². The Morgan fingerprint density at radius 1 is 1.03 bits per heavy atom. The van der Waals surface area contributed by atoms with Gasteiger partial charge in [0, 0.05) is 0 Å². The summed E-state index contributed by atoms with van der Waals surface area (Å²) in [5, 5.41) is 3.99. The molecule has 0 aromatic heterocycles. The highest BCUT2D eigenvalue weighted by molar-refractivity contribution is 7.89. The van der Waals surface area contributed by atoms with Crippen molar-refractivity contribution < 1.29 is 18.1 Å². The Labute approximate surface area is 172 Å². The van der Waals surface area contributed by atoms with E-state index < -0.39 is 10.0 Å². The second-order valence-corrected chi connectivity index (χ2v) is 9.29. The molecule has 0 unspecified atom stereocenters. The van der Waals surface area contributed by atoms with Crippen molar-refractivity contribution in [2.75, 3.05) is 32.7 Å². The first-order chi connectivity index (χ1) is 13.8. The lowest BCUT2D eigenvalue weighted by molar-refractivity contribution is -0.895. The van der Waals surface area contributed by atoms with Crippen molar-refractivity contribution in [1.29, 1.82) is 0 Å². The van der Waals surface area contributed by atoms with E-state index in [1.165, 1.54) is 9.87 Å². The molecule has 2 aromatic carbocycles. The van der Waals surface area contributed by atoms with Gasteiger partial charge in [0.2, 0.25) is 10.0 Å². The zero-order valence-corrected chi connectivity index (χ0v) is 17.6. The Balaban J connectivity index is 1.47. The van der Waals surface area contributed by atoms with E-state index in [0.29, 0.717) is 31.1 Å². The maximum absolute atomic E-state index is 12.7. The van der Waals surface area contributed by atoms with Crippen molar-refractivity contribution in [3.05, 3.63) is 65.2 Å². The van der Waals surface area contributed by atoms with Crippen LogP contribution in [-0.2, 0) is 14.8 Å². The number of hydrogen-bond acceptors (Lipinski definition) is 4. The lowest BCUT2D eigenvalue weighted by Gasteiger charge is -2.31. The van der Waals surface area contributed by atoms with Gasteiger partial charge in [-0.3, -0.25) is 4.79 Å². The molecule has 1 aliphatic rings. The average molecular weight is 416 g/mol. The molecule has 7 nitrogen and oxygen atoms in total. The number of hydrazone groups is 1. The standard InChI is InChI=1S/C21H26N4O3S/c1-17-3-7-19(8-4-17)15-22-23-21(26)16-24-11-13-25(14-12-24)29(27,28)20-9-5-18(2)6-10-20/h3-10,15H,11-14,16H2,1-2H3,(H,23,26)/p+1. The Hall–Kier alpha value is -2.55. The third kappa shape index (κ3) is 5.72. The van der Waals surface area contributed by atoms with E-state index in [2.05, 4.69) is 10.5 Å². The quantitative estimate of drug-likeness (QED) is 0.527. The van der Waals surface area contributed by atoms with E-state index in [9.17, 15) is 13.2 Å². The molecule has 2 N–H and O–H groups in total. The molecule has 29 heavy (non-hydrogen) atoms. The van der Waals surface area contributed by atoms with Gasteiger partial charge in [-0.2, -0.15) is 9.41 Å². The number of aryl methyl sites for hydroxylation is 2. The molecule has 0 spiro atoms. The second kappa shape index (κ2) is 9.30. The number of benzene rings is 2. The van der Waals surface area contributed by atoms with Gasteiger partial charge in [-0.05, 0) is 31.5 Å². The SMILES string of the molecule is Cc1ccc(C=NNC(=O)C[NH+]2CCN(S(=O)(=O)c3ccc(C)cc3)CC2)cc1. The molecule has 0 saturated carbocycles. The fourth-order valence-electron chi connectivity index (χ4n) is 3.18. The van der Waals surface area contributed by atoms with Crippen LogP contribution in [0.1, 0.15) is 16.7 Å². The van der Waals surface area contributed by atoms with E-state index >= 15 is 0 Å². The van der Waals surface area contributed by atoms with E-state index in [0.717, 1.165) is 16.0 Å². The monoisotopic (exact) mass is 415 g/mol. The molecule has 1 amide bonds. The first-order valence-electron chi connectivity index (χ1n) is 9.63. The normalized spacial score (nSPS) is 16.2. The van der Waals surface area contributed by atoms with Gasteiger partial charge in [0.05, 0.1) is 37.3 Å². The summed E-state index contributed by atoms with van der Waals surface area (Å²) in [5.74, 6) is -0.182. The fourth-order valence-corrected chi connectivity index (χ4v) is 4.62. The van der Waals surface area contributed by atoms with Crippen LogP contribution in [-0.4, -0.2) is 57.6 Å². The minimum atomic E-state index is -3.48. The molecular weight excluding hydrogens is 388 g/mol. The summed E-state index contributed by atoms with van der Waals surface area (Å²) in [6.07, 6.45) is 1.61. The average Bonchev–Trinajstić information content (AvgIpc) is 2.70. The number of nitrogens with zero attached hydrogens (tertiary/aromatic N) is 2. The maximum Gasteiger partial charge on any atom is 0.295 e. The Morgan fingerprint density at radius 3 is 2.17 bits per heavy atom. The Morgan fingerprint density at radius 2 is 1.59 bits per heavy atom. The summed E-state index contributed by atoms with van der Waals surface area (Å²) >= 11 is 0. The number of sulfonamides is 1. The number of amides is 1. The van der Waals surface area contributed by atoms with Gasteiger partial charge in [-0.1, -0.05) is 47.5 Å². The molecule has 3 rings (SSSR count). The highest BCUT2D eigenvalue weighted by Gasteiger charge is 2.31. The molecule has 154 valence electrons. The Kier molecular flexibility index (Phi) is 6.79. The summed E-state index contributed by atoms with van der Waals surface area (Å²) in [6, 6.07) is 14.7. The predicted molar refractivity (Wildman–Crippen MR) is 112 cm³/mol. The largest absolute Gasteiger partial charge is 0.325 e. The number of hydrogen-bond donors (Lipinski definition) is 2. The molecule has 0 aliphatic carbocycles. The van der Waals surface area contributed by atoms with Crippen LogP contribution in [0.25, 0.3) is 0 Å². The zero-order valence-electron chi connectivity index (χ0n) is 16.8. The third-order valence-electron chi connectivity index (χ3n) is 4.98. The summed E-state index contributed by atoms with van der Waals surface area (Å²) in [5.41, 5.74) is 5.65. The number of rotatable bonds is 6. The topological polar surface area (TPSA) is 83.3 Å². The first kappa shape index (κ1) is 21.2. The number of quaternary nitrogens is 1. The van der Waals surface area contributed by atoms with E-state index in [1.54, 1.807) is 30.5 Å². The molecule has 1 aliphatic heterocycles. The van der Waals surface area contributed by atoms with Crippen LogP contribution >= 0.6 is 0 Å². The summed E-state index contributed by atoms with van der Waals surface area (Å²) in [7, 11) is -3.48. The summed E-state index contributed by atoms with van der Waals surface area (Å²) < 4.78 is 27.0. The highest BCUT2D eigenvalue weighted by atomic mass is 32.2. The fraction of sp³-hybridized carbons (Fsp3) is 0.333. The smallest absolute Gasteiger partial charge is 0.295 e. The van der Waals surface area contributed by atoms with Crippen LogP contribution in [0.5, 0.6) is 0 Å². The van der Waals surface area contributed by atoms with Crippen LogP contribution in [0.3, 0.4) is 0 Å². The summed E-state index contributed by atoms with van der Waals surface area (Å²) in [4.78, 5) is 13.5. The van der Waals surface area contributed by atoms with Crippen molar-refractivity contribution in [1.82, 2.24) is 9.73 Å². The lowest BCUT2D eigenvalue weighted by atomic mass is 10.2. The van der Waals surface area contributed by atoms with Gasteiger partial charge >= 0.3 is 0 Å². The molecule has 0 bridgehead atoms. The molecule has 8 heteroatoms. The predicted octanol–water partition coefficient (Wildman–Crippen LogP) is 0.343. The first-order valence-corrected chi connectivity index (χ1v) is 11.1. The van der Waals surface area contributed by atoms with Gasteiger partial charge in [0.25, 0.3) is 5.91 Å². The van der Waals surface area contributed by atoms with Gasteiger partial charge in [-0.25, -0.2) is 13.8 Å². The van der Waals surface area contributed by atoms with Gasteiger partial charge in [-0.15, -0.1) is 0 Å². The number of nitrogens with one attached hydrogen (secondary N) is 2. The van der Waals surface area contributed by atoms with Crippen LogP contribution < -0.4 is 10.3 Å². The number of carbonyl (C=O) groups excluding carboxylic acids is 1. The number of piperazine rings is 1. The van der Waals surface area contributed by atoms with Gasteiger partial charge in [0.15, 0.2) is 6.54 Å². The number of carbonyl (C=O) groups is 1. The van der Waals surface area contributed by atoms with Crippen LogP contribution in [0.4, 0.5) is 0 Å². The van der Waals surface area contributed by atoms with Crippen LogP contribution in [0.15, 0.2) is 58.5 Å². The summed E-state index contributed by atoms with van der Waals surface area (Å²) in [6.45, 7) is 6.16. The van der Waals surface area contributed by atoms with Crippen molar-refractivity contribution in [3.63, 3.8) is 0 Å². The maximum atomic E-state index is 12.7. The molecule has 2 aromatic rings. The molecule has 1 heterocycles. The Bertz CT molecular complexity index is 962. The minimum Gasteiger partial charge on any atom is -0.325 e. The van der Waals surface area contributed by atoms with Gasteiger partial charge < -0.3 is 4.90 Å².